The maximum atomic E-state index is 5.77. The summed E-state index contributed by atoms with van der Waals surface area (Å²) < 4.78 is 0. The van der Waals surface area contributed by atoms with Crippen molar-refractivity contribution < 1.29 is 0 Å². The van der Waals surface area contributed by atoms with E-state index in [0.29, 0.717) is 0 Å². The molecule has 0 saturated heterocycles. The zero-order valence-electron chi connectivity index (χ0n) is 13.7. The number of anilines is 2. The van der Waals surface area contributed by atoms with Crippen LogP contribution >= 0.6 is 0 Å². The summed E-state index contributed by atoms with van der Waals surface area (Å²) in [5.41, 5.74) is 10.9. The van der Waals surface area contributed by atoms with Crippen LogP contribution in [0, 0.1) is 6.92 Å². The summed E-state index contributed by atoms with van der Waals surface area (Å²) in [5, 5.41) is 3.34. The second-order valence-electron chi connectivity index (χ2n) is 5.77. The fourth-order valence-electron chi connectivity index (χ4n) is 2.09. The molecule has 21 heavy (non-hydrogen) atoms. The van der Waals surface area contributed by atoms with Crippen LogP contribution < -0.4 is 11.1 Å². The Bertz CT molecular complexity index is 556. The Morgan fingerprint density at radius 2 is 1.95 bits per heavy atom. The van der Waals surface area contributed by atoms with Gasteiger partial charge >= 0.3 is 0 Å². The Balaban J connectivity index is 2.80. The molecule has 0 aliphatic heterocycles. The Kier molecular flexibility index (Phi) is 6.22. The number of hydrogen-bond acceptors (Lipinski definition) is 2. The summed E-state index contributed by atoms with van der Waals surface area (Å²) >= 11 is 0. The average molecular weight is 285 g/mol. The van der Waals surface area contributed by atoms with Crippen molar-refractivity contribution in [3.63, 3.8) is 0 Å². The normalized spacial score (nSPS) is 12.9. The highest BCUT2D eigenvalue weighted by atomic mass is 15.0. The molecule has 1 unspecified atom stereocenters. The number of amidine groups is 1. The molecule has 0 bridgehead atoms. The van der Waals surface area contributed by atoms with E-state index in [2.05, 4.69) is 18.5 Å². The van der Waals surface area contributed by atoms with Crippen molar-refractivity contribution in [2.45, 2.75) is 46.6 Å². The van der Waals surface area contributed by atoms with E-state index in [0.717, 1.165) is 41.2 Å². The van der Waals surface area contributed by atoms with Gasteiger partial charge < -0.3 is 11.1 Å². The lowest BCUT2D eigenvalue weighted by Crippen LogP contribution is -2.15. The summed E-state index contributed by atoms with van der Waals surface area (Å²) in [7, 11) is 0. The lowest BCUT2D eigenvalue weighted by atomic mass is 10.0. The molecule has 0 saturated carbocycles. The van der Waals surface area contributed by atoms with Gasteiger partial charge in [0.05, 0.1) is 11.9 Å². The third-order valence-corrected chi connectivity index (χ3v) is 3.33. The molecule has 3 nitrogen and oxygen atoms in total. The smallest absolute Gasteiger partial charge is 0.0983 e. The fourth-order valence-corrected chi connectivity index (χ4v) is 2.09. The quantitative estimate of drug-likeness (QED) is 0.344. The number of benzene rings is 1. The van der Waals surface area contributed by atoms with Crippen molar-refractivity contribution in [2.24, 2.45) is 4.99 Å². The first-order valence-electron chi connectivity index (χ1n) is 7.27. The van der Waals surface area contributed by atoms with Gasteiger partial charge in [0.25, 0.3) is 0 Å². The first-order chi connectivity index (χ1) is 9.79. The number of nitrogens with two attached hydrogens (primary N) is 1. The lowest BCUT2D eigenvalue weighted by molar-refractivity contribution is 0.689. The maximum absolute atomic E-state index is 5.77. The monoisotopic (exact) mass is 285 g/mol. The van der Waals surface area contributed by atoms with Gasteiger partial charge in [0.2, 0.25) is 0 Å². The minimum atomic E-state index is 0.128. The molecule has 1 rings (SSSR count). The van der Waals surface area contributed by atoms with E-state index in [4.69, 9.17) is 10.7 Å². The van der Waals surface area contributed by atoms with Gasteiger partial charge in [-0.3, -0.25) is 4.99 Å². The van der Waals surface area contributed by atoms with Crippen molar-refractivity contribution in [2.75, 3.05) is 11.1 Å². The van der Waals surface area contributed by atoms with Crippen molar-refractivity contribution in [1.82, 2.24) is 0 Å². The molecular weight excluding hydrogens is 258 g/mol. The topological polar surface area (TPSA) is 50.4 Å². The molecule has 0 heterocycles. The van der Waals surface area contributed by atoms with Gasteiger partial charge in [0, 0.05) is 11.4 Å². The number of nitrogens with zero attached hydrogens (tertiary/aromatic N) is 1. The van der Waals surface area contributed by atoms with E-state index in [-0.39, 0.29) is 6.04 Å². The van der Waals surface area contributed by atoms with Crippen LogP contribution in [0.2, 0.25) is 0 Å². The van der Waals surface area contributed by atoms with Crippen LogP contribution in [-0.4, -0.2) is 11.9 Å². The van der Waals surface area contributed by atoms with Crippen LogP contribution in [0.3, 0.4) is 0 Å². The van der Waals surface area contributed by atoms with E-state index in [9.17, 15) is 0 Å². The molecule has 3 N–H and O–H groups in total. The summed E-state index contributed by atoms with van der Waals surface area (Å²) in [6, 6.07) is 5.95. The number of nitrogen functional groups attached to an aromatic ring is 1. The molecule has 1 atom stereocenters. The molecule has 1 aromatic rings. The second kappa shape index (κ2) is 7.67. The Labute approximate surface area is 128 Å². The summed E-state index contributed by atoms with van der Waals surface area (Å²) in [6.45, 7) is 16.1. The Morgan fingerprint density at radius 3 is 2.48 bits per heavy atom. The maximum Gasteiger partial charge on any atom is 0.0983 e. The van der Waals surface area contributed by atoms with E-state index in [1.807, 2.05) is 45.9 Å². The Hall–Kier alpha value is -2.03. The van der Waals surface area contributed by atoms with E-state index >= 15 is 0 Å². The first-order valence-corrected chi connectivity index (χ1v) is 7.27. The van der Waals surface area contributed by atoms with Gasteiger partial charge in [-0.15, -0.1) is 6.58 Å². The molecule has 0 amide bonds. The van der Waals surface area contributed by atoms with Gasteiger partial charge in [-0.25, -0.2) is 0 Å². The number of allylic oxidation sites excluding steroid dienone is 1. The van der Waals surface area contributed by atoms with Crippen LogP contribution in [0.1, 0.15) is 39.2 Å². The van der Waals surface area contributed by atoms with E-state index < -0.39 is 0 Å². The molecule has 0 fully saturated rings. The summed E-state index contributed by atoms with van der Waals surface area (Å²) in [6.07, 6.45) is 1.92. The SMILES string of the molecule is C=C(C)CCC(N=C(C)Nc1ccc(N)cc1C)C(=C)C. The molecule has 0 radical (unpaired) electrons. The standard InChI is InChI=1S/C18H27N3/c1-12(2)7-9-17(13(3)4)20-15(6)21-18-10-8-16(19)11-14(18)5/h8,10-11,17H,1,3,7,9,19H2,2,4-6H3,(H,20,21). The molecule has 0 aliphatic carbocycles. The summed E-state index contributed by atoms with van der Waals surface area (Å²) in [5.74, 6) is 0.887. The van der Waals surface area contributed by atoms with Crippen molar-refractivity contribution in [1.29, 1.82) is 0 Å². The third-order valence-electron chi connectivity index (χ3n) is 3.33. The summed E-state index contributed by atoms with van der Waals surface area (Å²) in [4.78, 5) is 4.74. The van der Waals surface area contributed by atoms with Gasteiger partial charge in [-0.1, -0.05) is 17.7 Å². The van der Waals surface area contributed by atoms with Gasteiger partial charge in [-0.05, 0) is 64.3 Å². The fraction of sp³-hybridized carbons (Fsp3) is 0.389. The molecule has 1 aromatic carbocycles. The molecule has 0 aromatic heterocycles. The van der Waals surface area contributed by atoms with Gasteiger partial charge in [-0.2, -0.15) is 0 Å². The van der Waals surface area contributed by atoms with Crippen LogP contribution in [0.15, 0.2) is 47.5 Å². The third kappa shape index (κ3) is 5.86. The van der Waals surface area contributed by atoms with Crippen LogP contribution in [0.5, 0.6) is 0 Å². The number of rotatable bonds is 6. The highest BCUT2D eigenvalue weighted by Gasteiger charge is 2.09. The number of hydrogen-bond donors (Lipinski definition) is 2. The molecule has 3 heteroatoms. The van der Waals surface area contributed by atoms with E-state index in [1.165, 1.54) is 5.57 Å². The minimum Gasteiger partial charge on any atom is -0.399 e. The zero-order chi connectivity index (χ0) is 16.0. The largest absolute Gasteiger partial charge is 0.399 e. The van der Waals surface area contributed by atoms with E-state index in [1.54, 1.807) is 0 Å². The minimum absolute atomic E-state index is 0.128. The molecular formula is C18H27N3. The van der Waals surface area contributed by atoms with Crippen molar-refractivity contribution >= 4 is 17.2 Å². The van der Waals surface area contributed by atoms with Crippen molar-refractivity contribution in [3.8, 4) is 0 Å². The predicted octanol–water partition coefficient (Wildman–Crippen LogP) is 4.71. The second-order valence-corrected chi connectivity index (χ2v) is 5.77. The van der Waals surface area contributed by atoms with Gasteiger partial charge in [0.15, 0.2) is 0 Å². The van der Waals surface area contributed by atoms with Crippen molar-refractivity contribution in [3.05, 3.63) is 48.1 Å². The van der Waals surface area contributed by atoms with Crippen LogP contribution in [-0.2, 0) is 0 Å². The van der Waals surface area contributed by atoms with Crippen LogP contribution in [0.4, 0.5) is 11.4 Å². The number of nitrogens with one attached hydrogen (secondary N) is 1. The average Bonchev–Trinajstić information content (AvgIpc) is 2.37. The molecule has 114 valence electrons. The lowest BCUT2D eigenvalue weighted by Gasteiger charge is -2.16. The van der Waals surface area contributed by atoms with Gasteiger partial charge in [0.1, 0.15) is 0 Å². The molecule has 0 spiro atoms. The highest BCUT2D eigenvalue weighted by molar-refractivity contribution is 5.94. The zero-order valence-corrected chi connectivity index (χ0v) is 13.7. The predicted molar refractivity (Wildman–Crippen MR) is 95.0 cm³/mol. The van der Waals surface area contributed by atoms with Crippen LogP contribution in [0.25, 0.3) is 0 Å². The number of aryl methyl sites for hydroxylation is 1. The first kappa shape index (κ1) is 17.0. The Morgan fingerprint density at radius 1 is 1.29 bits per heavy atom. The number of aliphatic imine (C=N–C) groups is 1. The highest BCUT2D eigenvalue weighted by Crippen LogP contribution is 2.19. The molecule has 0 aliphatic rings.